The molecule has 0 aliphatic rings. The molecule has 0 unspecified atom stereocenters. The van der Waals surface area contributed by atoms with Crippen LogP contribution >= 0.6 is 15.9 Å². The first kappa shape index (κ1) is 11.6. The average molecular weight is 324 g/mol. The van der Waals surface area contributed by atoms with Crippen LogP contribution in [0.4, 0.5) is 0 Å². The van der Waals surface area contributed by atoms with Crippen LogP contribution in [0.5, 0.6) is 0 Å². The van der Waals surface area contributed by atoms with Crippen LogP contribution in [0.25, 0.3) is 33.1 Å². The van der Waals surface area contributed by atoms with E-state index in [0.717, 1.165) is 32.1 Å². The molecule has 0 bridgehead atoms. The molecule has 2 heterocycles. The van der Waals surface area contributed by atoms with E-state index in [1.165, 1.54) is 5.39 Å². The van der Waals surface area contributed by atoms with Crippen LogP contribution in [0.3, 0.4) is 0 Å². The molecule has 0 radical (unpaired) electrons. The summed E-state index contributed by atoms with van der Waals surface area (Å²) in [6.07, 6.45) is 3.63. The second kappa shape index (κ2) is 4.42. The Kier molecular flexibility index (Phi) is 2.57. The zero-order chi connectivity index (χ0) is 13.5. The molecular formula is C16H10BrN3. The molecule has 0 aliphatic heterocycles. The van der Waals surface area contributed by atoms with E-state index in [1.54, 1.807) is 6.33 Å². The number of para-hydroxylation sites is 1. The predicted molar refractivity (Wildman–Crippen MR) is 84.5 cm³/mol. The third kappa shape index (κ3) is 1.72. The second-order valence-electron chi connectivity index (χ2n) is 4.63. The zero-order valence-corrected chi connectivity index (χ0v) is 12.1. The number of hydrogen-bond donors (Lipinski definition) is 1. The van der Waals surface area contributed by atoms with Gasteiger partial charge >= 0.3 is 0 Å². The Morgan fingerprint density at radius 3 is 2.80 bits per heavy atom. The van der Waals surface area contributed by atoms with E-state index in [9.17, 15) is 0 Å². The summed E-state index contributed by atoms with van der Waals surface area (Å²) in [6.45, 7) is 0. The van der Waals surface area contributed by atoms with Crippen molar-refractivity contribution < 1.29 is 0 Å². The molecule has 0 amide bonds. The molecule has 4 rings (SSSR count). The van der Waals surface area contributed by atoms with Gasteiger partial charge in [-0.15, -0.1) is 0 Å². The topological polar surface area (TPSA) is 41.6 Å². The van der Waals surface area contributed by atoms with Crippen molar-refractivity contribution in [3.05, 3.63) is 59.5 Å². The molecule has 0 saturated heterocycles. The van der Waals surface area contributed by atoms with E-state index < -0.39 is 0 Å². The van der Waals surface area contributed by atoms with Crippen molar-refractivity contribution >= 4 is 37.7 Å². The van der Waals surface area contributed by atoms with Crippen molar-refractivity contribution in [2.75, 3.05) is 0 Å². The number of aromatic amines is 1. The van der Waals surface area contributed by atoms with E-state index in [2.05, 4.69) is 49.1 Å². The molecule has 0 aliphatic carbocycles. The summed E-state index contributed by atoms with van der Waals surface area (Å²) in [5, 5.41) is 2.23. The minimum atomic E-state index is 0.939. The Hall–Kier alpha value is -2.20. The second-order valence-corrected chi connectivity index (χ2v) is 5.55. The van der Waals surface area contributed by atoms with Crippen molar-refractivity contribution in [1.29, 1.82) is 0 Å². The standard InChI is InChI=1S/C16H10BrN3/c17-10-5-6-12-15(7-10)19-9-20-16(12)13-8-18-14-4-2-1-3-11(13)14/h1-9,18H. The van der Waals surface area contributed by atoms with Crippen molar-refractivity contribution in [2.45, 2.75) is 0 Å². The van der Waals surface area contributed by atoms with Gasteiger partial charge in [0, 0.05) is 32.5 Å². The van der Waals surface area contributed by atoms with Crippen LogP contribution in [-0.2, 0) is 0 Å². The maximum absolute atomic E-state index is 4.48. The van der Waals surface area contributed by atoms with Crippen LogP contribution in [0.2, 0.25) is 0 Å². The highest BCUT2D eigenvalue weighted by Gasteiger charge is 2.11. The van der Waals surface area contributed by atoms with Crippen LogP contribution in [-0.4, -0.2) is 15.0 Å². The van der Waals surface area contributed by atoms with Gasteiger partial charge < -0.3 is 4.98 Å². The van der Waals surface area contributed by atoms with E-state index in [0.29, 0.717) is 0 Å². The molecule has 4 aromatic rings. The van der Waals surface area contributed by atoms with Crippen LogP contribution in [0.15, 0.2) is 59.5 Å². The molecule has 20 heavy (non-hydrogen) atoms. The quantitative estimate of drug-likeness (QED) is 0.558. The van der Waals surface area contributed by atoms with E-state index in [4.69, 9.17) is 0 Å². The number of halogens is 1. The van der Waals surface area contributed by atoms with Gasteiger partial charge in [-0.25, -0.2) is 9.97 Å². The number of hydrogen-bond acceptors (Lipinski definition) is 2. The number of benzene rings is 2. The summed E-state index contributed by atoms with van der Waals surface area (Å²) in [5.41, 5.74) is 4.12. The predicted octanol–water partition coefficient (Wildman–Crippen LogP) is 4.54. The molecule has 4 heteroatoms. The van der Waals surface area contributed by atoms with Crippen molar-refractivity contribution in [3.8, 4) is 11.3 Å². The molecule has 0 saturated carbocycles. The van der Waals surface area contributed by atoms with E-state index >= 15 is 0 Å². The van der Waals surface area contributed by atoms with Gasteiger partial charge in [0.2, 0.25) is 0 Å². The molecule has 0 spiro atoms. The lowest BCUT2D eigenvalue weighted by molar-refractivity contribution is 1.22. The summed E-state index contributed by atoms with van der Waals surface area (Å²) in [6, 6.07) is 14.3. The van der Waals surface area contributed by atoms with Gasteiger partial charge in [0.25, 0.3) is 0 Å². The van der Waals surface area contributed by atoms with Crippen LogP contribution in [0, 0.1) is 0 Å². The molecule has 1 N–H and O–H groups in total. The number of fused-ring (bicyclic) bond motifs is 2. The van der Waals surface area contributed by atoms with Crippen LogP contribution < -0.4 is 0 Å². The van der Waals surface area contributed by atoms with Crippen molar-refractivity contribution in [1.82, 2.24) is 15.0 Å². The summed E-state index contributed by atoms with van der Waals surface area (Å²) < 4.78 is 1.02. The largest absolute Gasteiger partial charge is 0.360 e. The lowest BCUT2D eigenvalue weighted by Gasteiger charge is -2.04. The molecule has 2 aromatic heterocycles. The molecular weight excluding hydrogens is 314 g/mol. The number of rotatable bonds is 1. The van der Waals surface area contributed by atoms with E-state index in [-0.39, 0.29) is 0 Å². The summed E-state index contributed by atoms with van der Waals surface area (Å²) in [5.74, 6) is 0. The summed E-state index contributed by atoms with van der Waals surface area (Å²) in [4.78, 5) is 12.1. The highest BCUT2D eigenvalue weighted by atomic mass is 79.9. The first-order chi connectivity index (χ1) is 9.83. The Labute approximate surface area is 123 Å². The monoisotopic (exact) mass is 323 g/mol. The SMILES string of the molecule is Brc1ccc2c(-c3c[nH]c4ccccc34)ncnc2c1. The fraction of sp³-hybridized carbons (Fsp3) is 0. The van der Waals surface area contributed by atoms with Crippen molar-refractivity contribution in [2.24, 2.45) is 0 Å². The Bertz CT molecular complexity index is 927. The number of aromatic nitrogens is 3. The third-order valence-corrected chi connectivity index (χ3v) is 3.94. The van der Waals surface area contributed by atoms with Gasteiger partial charge in [0.1, 0.15) is 6.33 Å². The fourth-order valence-electron chi connectivity index (χ4n) is 2.51. The minimum absolute atomic E-state index is 0.939. The highest BCUT2D eigenvalue weighted by molar-refractivity contribution is 9.10. The van der Waals surface area contributed by atoms with E-state index in [1.807, 2.05) is 30.5 Å². The number of nitrogens with zero attached hydrogens (tertiary/aromatic N) is 2. The molecule has 96 valence electrons. The van der Waals surface area contributed by atoms with Crippen molar-refractivity contribution in [3.63, 3.8) is 0 Å². The van der Waals surface area contributed by atoms with Gasteiger partial charge in [0.15, 0.2) is 0 Å². The minimum Gasteiger partial charge on any atom is -0.360 e. The first-order valence-electron chi connectivity index (χ1n) is 6.30. The lowest BCUT2D eigenvalue weighted by Crippen LogP contribution is -1.88. The average Bonchev–Trinajstić information content (AvgIpc) is 2.90. The number of nitrogens with one attached hydrogen (secondary N) is 1. The third-order valence-electron chi connectivity index (χ3n) is 3.44. The number of H-pyrrole nitrogens is 1. The summed E-state index contributed by atoms with van der Waals surface area (Å²) in [7, 11) is 0. The van der Waals surface area contributed by atoms with Gasteiger partial charge in [-0.1, -0.05) is 34.1 Å². The van der Waals surface area contributed by atoms with Gasteiger partial charge in [0.05, 0.1) is 11.2 Å². The molecule has 0 fully saturated rings. The summed E-state index contributed by atoms with van der Waals surface area (Å²) >= 11 is 3.48. The molecule has 2 aromatic carbocycles. The van der Waals surface area contributed by atoms with Gasteiger partial charge in [-0.05, 0) is 24.3 Å². The maximum Gasteiger partial charge on any atom is 0.116 e. The maximum atomic E-state index is 4.48. The molecule has 3 nitrogen and oxygen atoms in total. The fourth-order valence-corrected chi connectivity index (χ4v) is 2.86. The van der Waals surface area contributed by atoms with Gasteiger partial charge in [-0.3, -0.25) is 0 Å². The highest BCUT2D eigenvalue weighted by Crippen LogP contribution is 2.32. The van der Waals surface area contributed by atoms with Crippen LogP contribution in [0.1, 0.15) is 0 Å². The molecule has 0 atom stereocenters. The Balaban J connectivity index is 2.07. The lowest BCUT2D eigenvalue weighted by atomic mass is 10.1. The zero-order valence-electron chi connectivity index (χ0n) is 10.5. The smallest absolute Gasteiger partial charge is 0.116 e. The van der Waals surface area contributed by atoms with Gasteiger partial charge in [-0.2, -0.15) is 0 Å². The normalized spacial score (nSPS) is 11.2. The Morgan fingerprint density at radius 2 is 1.85 bits per heavy atom. The first-order valence-corrected chi connectivity index (χ1v) is 7.09. The Morgan fingerprint density at radius 1 is 0.950 bits per heavy atom.